The van der Waals surface area contributed by atoms with Crippen molar-refractivity contribution in [3.05, 3.63) is 41.9 Å². The molecule has 4 aromatic rings. The number of para-hydroxylation sites is 2. The molecule has 27 heavy (non-hydrogen) atoms. The monoisotopic (exact) mass is 385 g/mol. The first-order chi connectivity index (χ1) is 12.8. The number of H-pyrrole nitrogens is 1. The molecule has 0 aliphatic heterocycles. The Morgan fingerprint density at radius 2 is 1.96 bits per heavy atom. The maximum Gasteiger partial charge on any atom is 0.252 e. The average Bonchev–Trinajstić information content (AvgIpc) is 3.22. The van der Waals surface area contributed by atoms with Crippen molar-refractivity contribution in [3.8, 4) is 0 Å². The molecule has 4 rings (SSSR count). The summed E-state index contributed by atoms with van der Waals surface area (Å²) in [7, 11) is -3.57. The van der Waals surface area contributed by atoms with Crippen molar-refractivity contribution in [3.63, 3.8) is 0 Å². The van der Waals surface area contributed by atoms with Crippen LogP contribution in [-0.2, 0) is 16.4 Å². The lowest BCUT2D eigenvalue weighted by Gasteiger charge is -2.09. The van der Waals surface area contributed by atoms with Gasteiger partial charge < -0.3 is 10.3 Å². The number of nitrogens with zero attached hydrogens (tertiary/aromatic N) is 5. The highest BCUT2D eigenvalue weighted by Gasteiger charge is 2.20. The molecule has 0 aliphatic carbocycles. The van der Waals surface area contributed by atoms with Gasteiger partial charge in [0.25, 0.3) is 5.16 Å². The Kier molecular flexibility index (Phi) is 4.06. The van der Waals surface area contributed by atoms with Crippen molar-refractivity contribution in [2.24, 2.45) is 0 Å². The van der Waals surface area contributed by atoms with Crippen molar-refractivity contribution in [1.29, 1.82) is 0 Å². The fourth-order valence-corrected chi connectivity index (χ4v) is 3.32. The van der Waals surface area contributed by atoms with Crippen LogP contribution in [0.4, 0.5) is 5.95 Å². The van der Waals surface area contributed by atoms with Gasteiger partial charge in [-0.05, 0) is 18.1 Å². The number of sulfone groups is 1. The van der Waals surface area contributed by atoms with Crippen LogP contribution in [0.5, 0.6) is 0 Å². The molecule has 0 saturated carbocycles. The Labute approximate surface area is 155 Å². The van der Waals surface area contributed by atoms with Crippen LogP contribution in [0.15, 0.2) is 35.6 Å². The number of hydrogen-bond acceptors (Lipinski definition) is 7. The second-order valence-electron chi connectivity index (χ2n) is 6.65. The highest BCUT2D eigenvalue weighted by Crippen LogP contribution is 2.22. The van der Waals surface area contributed by atoms with Gasteiger partial charge in [0.15, 0.2) is 5.65 Å². The van der Waals surface area contributed by atoms with Crippen molar-refractivity contribution in [1.82, 2.24) is 29.5 Å². The van der Waals surface area contributed by atoms with E-state index < -0.39 is 9.84 Å². The van der Waals surface area contributed by atoms with E-state index >= 15 is 0 Å². The molecule has 0 saturated heterocycles. The molecule has 1 aromatic carbocycles. The Hall–Kier alpha value is -3.01. The number of aromatic amines is 1. The number of fused-ring (bicyclic) bond motifs is 2. The first-order valence-corrected chi connectivity index (χ1v) is 10.4. The minimum Gasteiger partial charge on any atom is -0.347 e. The zero-order valence-electron chi connectivity index (χ0n) is 15.1. The van der Waals surface area contributed by atoms with E-state index in [1.807, 2.05) is 38.1 Å². The molecule has 0 bridgehead atoms. The number of imidazole rings is 1. The number of hydrogen-bond donors (Lipinski definition) is 2. The van der Waals surface area contributed by atoms with E-state index in [4.69, 9.17) is 0 Å². The molecular weight excluding hydrogens is 366 g/mol. The highest BCUT2D eigenvalue weighted by molar-refractivity contribution is 7.90. The summed E-state index contributed by atoms with van der Waals surface area (Å²) in [6.07, 6.45) is 2.78. The fraction of sp³-hybridized carbons (Fsp3) is 0.294. The lowest BCUT2D eigenvalue weighted by atomic mass is 10.1. The van der Waals surface area contributed by atoms with Gasteiger partial charge >= 0.3 is 0 Å². The lowest BCUT2D eigenvalue weighted by molar-refractivity contribution is 0.592. The van der Waals surface area contributed by atoms with E-state index in [9.17, 15) is 8.42 Å². The minimum absolute atomic E-state index is 0.146. The summed E-state index contributed by atoms with van der Waals surface area (Å²) in [5.74, 6) is 1.15. The third-order valence-electron chi connectivity index (χ3n) is 4.18. The van der Waals surface area contributed by atoms with Crippen LogP contribution in [0.1, 0.15) is 31.2 Å². The average molecular weight is 385 g/mol. The second-order valence-corrected chi connectivity index (χ2v) is 8.56. The lowest BCUT2D eigenvalue weighted by Crippen LogP contribution is -2.14. The summed E-state index contributed by atoms with van der Waals surface area (Å²) in [6.45, 7) is 4.34. The summed E-state index contributed by atoms with van der Waals surface area (Å²) in [5.41, 5.74) is 3.13. The number of aromatic nitrogens is 6. The van der Waals surface area contributed by atoms with E-state index in [2.05, 4.69) is 30.4 Å². The van der Waals surface area contributed by atoms with Crippen LogP contribution in [0.3, 0.4) is 0 Å². The van der Waals surface area contributed by atoms with Crippen LogP contribution in [0, 0.1) is 0 Å². The summed E-state index contributed by atoms with van der Waals surface area (Å²) in [4.78, 5) is 16.1. The Balaban J connectivity index is 1.75. The van der Waals surface area contributed by atoms with Crippen molar-refractivity contribution in [2.45, 2.75) is 31.5 Å². The van der Waals surface area contributed by atoms with E-state index in [0.29, 0.717) is 24.0 Å². The minimum atomic E-state index is -3.57. The highest BCUT2D eigenvalue weighted by atomic mass is 32.2. The predicted molar refractivity (Wildman–Crippen MR) is 101 cm³/mol. The summed E-state index contributed by atoms with van der Waals surface area (Å²) < 4.78 is 25.6. The molecule has 140 valence electrons. The summed E-state index contributed by atoms with van der Waals surface area (Å²) >= 11 is 0. The van der Waals surface area contributed by atoms with E-state index in [0.717, 1.165) is 22.9 Å². The largest absolute Gasteiger partial charge is 0.347 e. The number of benzene rings is 1. The van der Waals surface area contributed by atoms with Gasteiger partial charge in [0, 0.05) is 11.8 Å². The zero-order chi connectivity index (χ0) is 19.2. The van der Waals surface area contributed by atoms with Gasteiger partial charge in [-0.25, -0.2) is 13.4 Å². The molecule has 0 spiro atoms. The molecule has 0 unspecified atom stereocenters. The number of rotatable bonds is 5. The molecule has 10 heteroatoms. The normalized spacial score (nSPS) is 12.3. The van der Waals surface area contributed by atoms with Gasteiger partial charge in [0.2, 0.25) is 15.8 Å². The van der Waals surface area contributed by atoms with Gasteiger partial charge in [-0.2, -0.15) is 19.6 Å². The Bertz CT molecular complexity index is 1210. The fourth-order valence-electron chi connectivity index (χ4n) is 2.81. The van der Waals surface area contributed by atoms with Gasteiger partial charge in [-0.3, -0.25) is 0 Å². The van der Waals surface area contributed by atoms with Crippen LogP contribution < -0.4 is 5.32 Å². The summed E-state index contributed by atoms with van der Waals surface area (Å²) in [5, 5.41) is 7.21. The molecule has 2 N–H and O–H groups in total. The Morgan fingerprint density at radius 1 is 1.19 bits per heavy atom. The maximum absolute atomic E-state index is 12.0. The molecule has 0 atom stereocenters. The van der Waals surface area contributed by atoms with Gasteiger partial charge in [-0.1, -0.05) is 26.0 Å². The maximum atomic E-state index is 12.0. The molecule has 0 radical (unpaired) electrons. The zero-order valence-corrected chi connectivity index (χ0v) is 15.9. The van der Waals surface area contributed by atoms with Crippen LogP contribution in [0.2, 0.25) is 0 Å². The topological polar surface area (TPSA) is 118 Å². The molecule has 0 aliphatic rings. The van der Waals surface area contributed by atoms with E-state index in [-0.39, 0.29) is 11.1 Å². The van der Waals surface area contributed by atoms with Crippen LogP contribution in [-0.4, -0.2) is 44.2 Å². The van der Waals surface area contributed by atoms with E-state index in [1.54, 1.807) is 6.20 Å². The molecule has 0 amide bonds. The van der Waals surface area contributed by atoms with Crippen LogP contribution >= 0.6 is 0 Å². The predicted octanol–water partition coefficient (Wildman–Crippen LogP) is 2.14. The van der Waals surface area contributed by atoms with Gasteiger partial charge in [0.05, 0.1) is 23.8 Å². The first kappa shape index (κ1) is 17.4. The van der Waals surface area contributed by atoms with Crippen molar-refractivity contribution >= 4 is 32.5 Å². The first-order valence-electron chi connectivity index (χ1n) is 8.46. The SMILES string of the molecule is CC(C)c1cnn2c(NCc3nc4ccccc4[nH]3)nc(S(C)(=O)=O)nc12. The van der Waals surface area contributed by atoms with E-state index in [1.165, 1.54) is 4.52 Å². The third kappa shape index (κ3) is 3.23. The standard InChI is InChI=1S/C17H19N7O2S/c1-10(2)11-8-19-24-15(11)22-17(27(3,25)26)23-16(24)18-9-14-20-12-6-4-5-7-13(12)21-14/h4-8,10H,9H2,1-3H3,(H,20,21)(H,18,22,23). The van der Waals surface area contributed by atoms with Crippen LogP contribution in [0.25, 0.3) is 16.7 Å². The van der Waals surface area contributed by atoms with Crippen molar-refractivity contribution < 1.29 is 8.42 Å². The molecule has 3 aromatic heterocycles. The summed E-state index contributed by atoms with van der Waals surface area (Å²) in [6, 6.07) is 7.71. The quantitative estimate of drug-likeness (QED) is 0.540. The molecule has 3 heterocycles. The molecule has 9 nitrogen and oxygen atoms in total. The Morgan fingerprint density at radius 3 is 2.67 bits per heavy atom. The number of anilines is 1. The molecular formula is C17H19N7O2S. The smallest absolute Gasteiger partial charge is 0.252 e. The van der Waals surface area contributed by atoms with Crippen molar-refractivity contribution in [2.75, 3.05) is 11.6 Å². The van der Waals surface area contributed by atoms with Gasteiger partial charge in [0.1, 0.15) is 5.82 Å². The molecule has 0 fully saturated rings. The van der Waals surface area contributed by atoms with Gasteiger partial charge in [-0.15, -0.1) is 0 Å². The second kappa shape index (κ2) is 6.31. The third-order valence-corrected chi connectivity index (χ3v) is 5.03. The number of nitrogens with one attached hydrogen (secondary N) is 2.